The molecule has 0 aromatic carbocycles. The molecule has 350 valence electrons. The van der Waals surface area contributed by atoms with Crippen molar-refractivity contribution in [2.75, 3.05) is 33.5 Å². The van der Waals surface area contributed by atoms with Gasteiger partial charge in [0.1, 0.15) is 37.1 Å². The fourth-order valence-corrected chi connectivity index (χ4v) is 6.83. The number of aliphatic hydroxyl groups excluding tert-OH is 1. The van der Waals surface area contributed by atoms with Gasteiger partial charge >= 0.3 is 47.8 Å². The summed E-state index contributed by atoms with van der Waals surface area (Å²) >= 11 is 0. The molecule has 62 heavy (non-hydrogen) atoms. The zero-order valence-corrected chi connectivity index (χ0v) is 35.6. The maximum absolute atomic E-state index is 12.8. The van der Waals surface area contributed by atoms with Crippen molar-refractivity contribution in [1.82, 2.24) is 0 Å². The number of esters is 8. The minimum atomic E-state index is -1.80. The van der Waals surface area contributed by atoms with Gasteiger partial charge in [0.25, 0.3) is 0 Å². The van der Waals surface area contributed by atoms with E-state index in [0.29, 0.717) is 0 Å². The van der Waals surface area contributed by atoms with Crippen LogP contribution in [0, 0.1) is 0 Å². The third kappa shape index (κ3) is 14.6. The van der Waals surface area contributed by atoms with E-state index in [1.54, 1.807) is 0 Å². The molecule has 3 aliphatic heterocycles. The summed E-state index contributed by atoms with van der Waals surface area (Å²) in [6.45, 7) is 9.77. The van der Waals surface area contributed by atoms with Gasteiger partial charge in [0.2, 0.25) is 0 Å². The summed E-state index contributed by atoms with van der Waals surface area (Å²) in [4.78, 5) is 98.6. The molecule has 3 rings (SSSR count). The number of hydrogen-bond acceptors (Lipinski definition) is 24. The number of rotatable bonds is 19. The lowest BCUT2D eigenvalue weighted by Gasteiger charge is -2.49. The Bertz CT molecular complexity index is 1600. The first kappa shape index (κ1) is 51.5. The first-order valence-electron chi connectivity index (χ1n) is 19.1. The van der Waals surface area contributed by atoms with E-state index in [4.69, 9.17) is 71.1 Å². The standard InChI is InChI=1S/C38H54O24/c1-11-12-49-33-30(62-38-35(58-23(9)47)31(55-20(6)44)27(52-17(3)41)24(13-39)59-38)28(53-18(4)42)26(60-36(33)48-10)15-51-37-34(57-22(8)46)32(56-21(7)45)29(54-19(5)43)25(61-37)14-50-16(2)40/h11,24-39H,1,12-15H2,2-10H3/t24-,25-,26-,27-,28-,29-,30+,31+,32+,33+,34+,35+,36+,37+,38-/m1/s1. The molecule has 3 heterocycles. The van der Waals surface area contributed by atoms with E-state index >= 15 is 0 Å². The van der Waals surface area contributed by atoms with Gasteiger partial charge < -0.3 is 76.2 Å². The van der Waals surface area contributed by atoms with Crippen molar-refractivity contribution in [3.8, 4) is 0 Å². The Morgan fingerprint density at radius 2 is 0.855 bits per heavy atom. The minimum absolute atomic E-state index is 0.171. The molecule has 1 N–H and O–H groups in total. The highest BCUT2D eigenvalue weighted by molar-refractivity contribution is 5.70. The average molecular weight is 895 g/mol. The van der Waals surface area contributed by atoms with Gasteiger partial charge in [-0.3, -0.25) is 38.4 Å². The second-order valence-corrected chi connectivity index (χ2v) is 13.9. The molecule has 3 fully saturated rings. The zero-order chi connectivity index (χ0) is 46.4. The number of hydrogen-bond donors (Lipinski definition) is 1. The van der Waals surface area contributed by atoms with Crippen LogP contribution in [0.1, 0.15) is 55.4 Å². The summed E-state index contributed by atoms with van der Waals surface area (Å²) in [5.41, 5.74) is 0. The van der Waals surface area contributed by atoms with E-state index in [1.807, 2.05) is 0 Å². The fraction of sp³-hybridized carbons (Fsp3) is 0.737. The van der Waals surface area contributed by atoms with Gasteiger partial charge in [-0.2, -0.15) is 0 Å². The van der Waals surface area contributed by atoms with Crippen molar-refractivity contribution in [3.63, 3.8) is 0 Å². The van der Waals surface area contributed by atoms with Crippen LogP contribution in [0.4, 0.5) is 0 Å². The van der Waals surface area contributed by atoms with Crippen molar-refractivity contribution < 1.29 is 115 Å². The van der Waals surface area contributed by atoms with Gasteiger partial charge in [0.05, 0.1) is 19.8 Å². The molecule has 0 aromatic heterocycles. The minimum Gasteiger partial charge on any atom is -0.463 e. The van der Waals surface area contributed by atoms with Crippen LogP contribution in [0.15, 0.2) is 12.7 Å². The molecule has 0 spiro atoms. The van der Waals surface area contributed by atoms with Crippen LogP contribution in [-0.2, 0) is 109 Å². The zero-order valence-electron chi connectivity index (χ0n) is 35.6. The molecule has 0 unspecified atom stereocenters. The van der Waals surface area contributed by atoms with E-state index in [2.05, 4.69) is 6.58 Å². The summed E-state index contributed by atoms with van der Waals surface area (Å²) in [5, 5.41) is 10.4. The van der Waals surface area contributed by atoms with Crippen molar-refractivity contribution in [3.05, 3.63) is 12.7 Å². The van der Waals surface area contributed by atoms with Crippen LogP contribution in [0.25, 0.3) is 0 Å². The molecule has 0 saturated carbocycles. The molecule has 0 aliphatic carbocycles. The van der Waals surface area contributed by atoms with Crippen LogP contribution in [0.2, 0.25) is 0 Å². The Balaban J connectivity index is 2.15. The van der Waals surface area contributed by atoms with Crippen LogP contribution >= 0.6 is 0 Å². The number of ether oxygens (including phenoxy) is 15. The number of carbonyl (C=O) groups is 8. The molecule has 3 aliphatic rings. The van der Waals surface area contributed by atoms with Gasteiger partial charge in [-0.15, -0.1) is 6.58 Å². The second-order valence-electron chi connectivity index (χ2n) is 13.9. The number of aliphatic hydroxyl groups is 1. The fourth-order valence-electron chi connectivity index (χ4n) is 6.83. The number of carbonyl (C=O) groups excluding carboxylic acids is 8. The van der Waals surface area contributed by atoms with E-state index in [-0.39, 0.29) is 6.61 Å². The summed E-state index contributed by atoms with van der Waals surface area (Å²) in [5.74, 6) is -7.03. The molecular formula is C38H54O24. The lowest BCUT2D eigenvalue weighted by atomic mass is 9.95. The van der Waals surface area contributed by atoms with E-state index in [0.717, 1.165) is 55.4 Å². The van der Waals surface area contributed by atoms with Gasteiger partial charge in [-0.05, 0) is 0 Å². The Morgan fingerprint density at radius 3 is 1.29 bits per heavy atom. The van der Waals surface area contributed by atoms with Gasteiger partial charge in [0.15, 0.2) is 61.6 Å². The van der Waals surface area contributed by atoms with Crippen LogP contribution in [0.5, 0.6) is 0 Å². The largest absolute Gasteiger partial charge is 0.463 e. The Labute approximate surface area is 355 Å². The molecule has 15 atom stereocenters. The average Bonchev–Trinajstić information content (AvgIpc) is 3.16. The SMILES string of the molecule is C=CCO[C@@H]1[C@@H](OC)O[C@H](CO[C@H]2O[C@H](COC(C)=O)[C@@H](OC(C)=O)[C@H](OC(C)=O)[C@@H]2OC(C)=O)[C@@H](OC(C)=O)[C@@H]1O[C@H]1O[C@H](CO)[C@@H](OC(C)=O)[C@H](OC(C)=O)[C@@H]1OC(C)=O. The Morgan fingerprint density at radius 1 is 0.468 bits per heavy atom. The van der Waals surface area contributed by atoms with E-state index < -0.39 is 160 Å². The maximum Gasteiger partial charge on any atom is 0.303 e. The third-order valence-corrected chi connectivity index (χ3v) is 8.87. The third-order valence-electron chi connectivity index (χ3n) is 8.87. The predicted octanol–water partition coefficient (Wildman–Crippen LogP) is -1.14. The lowest BCUT2D eigenvalue weighted by Crippen LogP contribution is -2.67. The summed E-state index contributed by atoms with van der Waals surface area (Å²) < 4.78 is 85.9. The van der Waals surface area contributed by atoms with Gasteiger partial charge in [-0.25, -0.2) is 0 Å². The van der Waals surface area contributed by atoms with Gasteiger partial charge in [0, 0.05) is 62.5 Å². The van der Waals surface area contributed by atoms with Crippen molar-refractivity contribution in [2.45, 2.75) is 148 Å². The summed E-state index contributed by atoms with van der Waals surface area (Å²) in [6, 6.07) is 0. The second kappa shape index (κ2) is 24.1. The molecule has 0 amide bonds. The number of methoxy groups -OCH3 is 1. The van der Waals surface area contributed by atoms with Crippen LogP contribution in [-0.4, -0.2) is 179 Å². The molecular weight excluding hydrogens is 840 g/mol. The van der Waals surface area contributed by atoms with E-state index in [1.165, 1.54) is 13.2 Å². The predicted molar refractivity (Wildman–Crippen MR) is 196 cm³/mol. The monoisotopic (exact) mass is 894 g/mol. The first-order valence-corrected chi connectivity index (χ1v) is 19.1. The highest BCUT2D eigenvalue weighted by atomic mass is 16.8. The topological polar surface area (TPSA) is 295 Å². The van der Waals surface area contributed by atoms with Crippen molar-refractivity contribution >= 4 is 47.8 Å². The molecule has 24 nitrogen and oxygen atoms in total. The van der Waals surface area contributed by atoms with Crippen molar-refractivity contribution in [2.24, 2.45) is 0 Å². The van der Waals surface area contributed by atoms with E-state index in [9.17, 15) is 43.5 Å². The summed E-state index contributed by atoms with van der Waals surface area (Å²) in [6.07, 6.45) is -22.0. The lowest BCUT2D eigenvalue weighted by molar-refractivity contribution is -0.368. The molecule has 0 aromatic rings. The van der Waals surface area contributed by atoms with Crippen molar-refractivity contribution in [1.29, 1.82) is 0 Å². The maximum atomic E-state index is 12.8. The van der Waals surface area contributed by atoms with Crippen LogP contribution in [0.3, 0.4) is 0 Å². The van der Waals surface area contributed by atoms with Crippen LogP contribution < -0.4 is 0 Å². The molecule has 0 radical (unpaired) electrons. The first-order chi connectivity index (χ1) is 29.2. The smallest absolute Gasteiger partial charge is 0.303 e. The summed E-state index contributed by atoms with van der Waals surface area (Å²) in [7, 11) is 1.23. The Kier molecular flexibility index (Phi) is 20.1. The van der Waals surface area contributed by atoms with Gasteiger partial charge in [-0.1, -0.05) is 6.08 Å². The Hall–Kier alpha value is -4.82. The molecule has 0 bridgehead atoms. The molecule has 24 heteroatoms. The molecule has 3 saturated heterocycles. The normalized spacial score (nSPS) is 33.1. The quantitative estimate of drug-likeness (QED) is 0.0910. The highest BCUT2D eigenvalue weighted by Gasteiger charge is 2.58. The highest BCUT2D eigenvalue weighted by Crippen LogP contribution is 2.36.